The molecular formula is C10H16N2O. The molecule has 1 amide bonds. The molecule has 0 unspecified atom stereocenters. The second-order valence-corrected chi connectivity index (χ2v) is 2.91. The maximum atomic E-state index is 11.7. The molecule has 1 aliphatic heterocycles. The summed E-state index contributed by atoms with van der Waals surface area (Å²) in [4.78, 5) is 13.6. The van der Waals surface area contributed by atoms with Gasteiger partial charge in [0.1, 0.15) is 0 Å². The zero-order chi connectivity index (χ0) is 9.68. The molecule has 0 saturated carbocycles. The number of likely N-dealkylation sites (N-methyl/N-ethyl adjacent to an activating group) is 1. The fraction of sp³-hybridized carbons (Fsp3) is 0.500. The summed E-state index contributed by atoms with van der Waals surface area (Å²) in [5, 5.41) is 3.02. The van der Waals surface area contributed by atoms with E-state index in [2.05, 4.69) is 5.32 Å². The highest BCUT2D eigenvalue weighted by Gasteiger charge is 2.14. The molecule has 72 valence electrons. The first-order valence-corrected chi connectivity index (χ1v) is 4.68. The Morgan fingerprint density at radius 3 is 2.69 bits per heavy atom. The number of carbonyl (C=O) groups is 1. The summed E-state index contributed by atoms with van der Waals surface area (Å²) in [7, 11) is 0. The summed E-state index contributed by atoms with van der Waals surface area (Å²) >= 11 is 0. The SMILES string of the molecule is CCN(CC)C(=O)C1=CC=CNC1. The average Bonchev–Trinajstić information content (AvgIpc) is 2.21. The summed E-state index contributed by atoms with van der Waals surface area (Å²) in [5.74, 6) is 0.141. The van der Waals surface area contributed by atoms with E-state index in [1.165, 1.54) is 0 Å². The monoisotopic (exact) mass is 180 g/mol. The number of rotatable bonds is 3. The van der Waals surface area contributed by atoms with Crippen LogP contribution in [0.5, 0.6) is 0 Å². The molecule has 13 heavy (non-hydrogen) atoms. The molecule has 1 rings (SSSR count). The predicted octanol–water partition coefficient (Wildman–Crippen LogP) is 0.898. The topological polar surface area (TPSA) is 32.3 Å². The van der Waals surface area contributed by atoms with E-state index in [9.17, 15) is 4.79 Å². The second kappa shape index (κ2) is 4.70. The van der Waals surface area contributed by atoms with Crippen LogP contribution in [0, 0.1) is 0 Å². The molecule has 3 heteroatoms. The Balaban J connectivity index is 2.65. The average molecular weight is 180 g/mol. The van der Waals surface area contributed by atoms with Crippen molar-refractivity contribution in [3.63, 3.8) is 0 Å². The van der Waals surface area contributed by atoms with E-state index in [-0.39, 0.29) is 5.91 Å². The third-order valence-corrected chi connectivity index (χ3v) is 2.13. The molecule has 1 heterocycles. The zero-order valence-electron chi connectivity index (χ0n) is 8.21. The fourth-order valence-corrected chi connectivity index (χ4v) is 1.32. The van der Waals surface area contributed by atoms with Gasteiger partial charge in [0.15, 0.2) is 0 Å². The predicted molar refractivity (Wildman–Crippen MR) is 53.2 cm³/mol. The molecule has 1 N–H and O–H groups in total. The number of hydrogen-bond acceptors (Lipinski definition) is 2. The van der Waals surface area contributed by atoms with Gasteiger partial charge in [-0.15, -0.1) is 0 Å². The minimum atomic E-state index is 0.141. The fourth-order valence-electron chi connectivity index (χ4n) is 1.32. The van der Waals surface area contributed by atoms with Gasteiger partial charge in [0.2, 0.25) is 0 Å². The van der Waals surface area contributed by atoms with Crippen molar-refractivity contribution in [3.05, 3.63) is 23.9 Å². The normalized spacial score (nSPS) is 14.8. The van der Waals surface area contributed by atoms with Gasteiger partial charge in [-0.25, -0.2) is 0 Å². The van der Waals surface area contributed by atoms with Crippen LogP contribution < -0.4 is 5.32 Å². The van der Waals surface area contributed by atoms with Crippen molar-refractivity contribution in [2.45, 2.75) is 13.8 Å². The van der Waals surface area contributed by atoms with E-state index >= 15 is 0 Å². The molecule has 3 nitrogen and oxygen atoms in total. The Kier molecular flexibility index (Phi) is 3.55. The van der Waals surface area contributed by atoms with Crippen molar-refractivity contribution < 1.29 is 4.79 Å². The minimum absolute atomic E-state index is 0.141. The first kappa shape index (κ1) is 9.84. The lowest BCUT2D eigenvalue weighted by Gasteiger charge is -2.21. The van der Waals surface area contributed by atoms with Crippen LogP contribution in [-0.2, 0) is 4.79 Å². The first-order chi connectivity index (χ1) is 6.29. The maximum Gasteiger partial charge on any atom is 0.251 e. The Labute approximate surface area is 79.1 Å². The Hall–Kier alpha value is -1.25. The van der Waals surface area contributed by atoms with Crippen LogP contribution in [0.3, 0.4) is 0 Å². The van der Waals surface area contributed by atoms with Crippen LogP contribution in [-0.4, -0.2) is 30.4 Å². The highest BCUT2D eigenvalue weighted by atomic mass is 16.2. The summed E-state index contributed by atoms with van der Waals surface area (Å²) < 4.78 is 0. The number of dihydropyridines is 1. The molecule has 0 aromatic rings. The molecular weight excluding hydrogens is 164 g/mol. The van der Waals surface area contributed by atoms with Gasteiger partial charge in [-0.1, -0.05) is 6.08 Å². The molecule has 0 bridgehead atoms. The lowest BCUT2D eigenvalue weighted by atomic mass is 10.2. The first-order valence-electron chi connectivity index (χ1n) is 4.68. The van der Waals surface area contributed by atoms with Gasteiger partial charge in [0.25, 0.3) is 5.91 Å². The van der Waals surface area contributed by atoms with E-state index < -0.39 is 0 Å². The molecule has 0 aliphatic carbocycles. The molecule has 1 aliphatic rings. The molecule has 0 saturated heterocycles. The number of nitrogens with zero attached hydrogens (tertiary/aromatic N) is 1. The third-order valence-electron chi connectivity index (χ3n) is 2.13. The van der Waals surface area contributed by atoms with Crippen molar-refractivity contribution in [3.8, 4) is 0 Å². The summed E-state index contributed by atoms with van der Waals surface area (Å²) in [5.41, 5.74) is 0.839. The number of carbonyl (C=O) groups excluding carboxylic acids is 1. The Morgan fingerprint density at radius 1 is 1.54 bits per heavy atom. The van der Waals surface area contributed by atoms with Gasteiger partial charge in [-0.2, -0.15) is 0 Å². The van der Waals surface area contributed by atoms with Gasteiger partial charge in [0.05, 0.1) is 0 Å². The van der Waals surface area contributed by atoms with E-state index in [0.717, 1.165) is 18.7 Å². The van der Waals surface area contributed by atoms with Crippen LogP contribution >= 0.6 is 0 Å². The Morgan fingerprint density at radius 2 is 2.23 bits per heavy atom. The molecule has 0 aromatic heterocycles. The largest absolute Gasteiger partial charge is 0.387 e. The van der Waals surface area contributed by atoms with E-state index in [1.807, 2.05) is 37.1 Å². The lowest BCUT2D eigenvalue weighted by molar-refractivity contribution is -0.126. The van der Waals surface area contributed by atoms with Crippen molar-refractivity contribution in [2.75, 3.05) is 19.6 Å². The number of nitrogens with one attached hydrogen (secondary N) is 1. The van der Waals surface area contributed by atoms with E-state index in [0.29, 0.717) is 6.54 Å². The van der Waals surface area contributed by atoms with Gasteiger partial charge in [0, 0.05) is 25.2 Å². The van der Waals surface area contributed by atoms with Gasteiger partial charge in [-0.05, 0) is 26.1 Å². The number of hydrogen-bond donors (Lipinski definition) is 1. The maximum absolute atomic E-state index is 11.7. The van der Waals surface area contributed by atoms with Crippen LogP contribution in [0.15, 0.2) is 23.9 Å². The highest BCUT2D eigenvalue weighted by Crippen LogP contribution is 2.04. The smallest absolute Gasteiger partial charge is 0.251 e. The molecule has 0 spiro atoms. The molecule has 0 fully saturated rings. The second-order valence-electron chi connectivity index (χ2n) is 2.91. The molecule has 0 radical (unpaired) electrons. The van der Waals surface area contributed by atoms with Gasteiger partial charge >= 0.3 is 0 Å². The minimum Gasteiger partial charge on any atom is -0.387 e. The Bertz CT molecular complexity index is 239. The van der Waals surface area contributed by atoms with Crippen molar-refractivity contribution in [2.24, 2.45) is 0 Å². The van der Waals surface area contributed by atoms with Crippen LogP contribution in [0.1, 0.15) is 13.8 Å². The zero-order valence-corrected chi connectivity index (χ0v) is 8.21. The third kappa shape index (κ3) is 2.34. The van der Waals surface area contributed by atoms with Crippen LogP contribution in [0.4, 0.5) is 0 Å². The van der Waals surface area contributed by atoms with E-state index in [4.69, 9.17) is 0 Å². The van der Waals surface area contributed by atoms with Gasteiger partial charge in [-0.3, -0.25) is 4.79 Å². The van der Waals surface area contributed by atoms with E-state index in [1.54, 1.807) is 0 Å². The van der Waals surface area contributed by atoms with Crippen molar-refractivity contribution in [1.29, 1.82) is 0 Å². The number of amides is 1. The molecule has 0 aromatic carbocycles. The molecule has 0 atom stereocenters. The quantitative estimate of drug-likeness (QED) is 0.699. The van der Waals surface area contributed by atoms with Gasteiger partial charge < -0.3 is 10.2 Å². The van der Waals surface area contributed by atoms with Crippen LogP contribution in [0.2, 0.25) is 0 Å². The van der Waals surface area contributed by atoms with Crippen molar-refractivity contribution >= 4 is 5.91 Å². The standard InChI is InChI=1S/C10H16N2O/c1-3-12(4-2)10(13)9-6-5-7-11-8-9/h5-7,11H,3-4,8H2,1-2H3. The summed E-state index contributed by atoms with van der Waals surface area (Å²) in [6.07, 6.45) is 5.58. The summed E-state index contributed by atoms with van der Waals surface area (Å²) in [6.45, 7) is 6.18. The van der Waals surface area contributed by atoms with Crippen LogP contribution in [0.25, 0.3) is 0 Å². The number of allylic oxidation sites excluding steroid dienone is 2. The van der Waals surface area contributed by atoms with Crippen molar-refractivity contribution in [1.82, 2.24) is 10.2 Å². The summed E-state index contributed by atoms with van der Waals surface area (Å²) in [6, 6.07) is 0. The lowest BCUT2D eigenvalue weighted by Crippen LogP contribution is -2.34. The highest BCUT2D eigenvalue weighted by molar-refractivity contribution is 5.94.